The Bertz CT molecular complexity index is 905. The minimum absolute atomic E-state index is 0.0694. The van der Waals surface area contributed by atoms with Gasteiger partial charge in [0.25, 0.3) is 11.8 Å². The second-order valence-electron chi connectivity index (χ2n) is 6.84. The van der Waals surface area contributed by atoms with Gasteiger partial charge < -0.3 is 9.80 Å². The van der Waals surface area contributed by atoms with Gasteiger partial charge in [0.1, 0.15) is 0 Å². The molecule has 4 nitrogen and oxygen atoms in total. The standard InChI is InChI=1S/C21H21F3N2O2S/c1-14-3-8-17(29-2)13-18(14)20(28)26-11-9-25(10-12-26)19(27)15-4-6-16(7-5-15)21(22,23)24/h3-8,13H,9-12H2,1-2H3. The summed E-state index contributed by atoms with van der Waals surface area (Å²) in [7, 11) is 0. The van der Waals surface area contributed by atoms with Crippen molar-refractivity contribution in [2.45, 2.75) is 18.0 Å². The van der Waals surface area contributed by atoms with E-state index in [1.54, 1.807) is 21.6 Å². The number of thioether (sulfide) groups is 1. The summed E-state index contributed by atoms with van der Waals surface area (Å²) in [6, 6.07) is 9.98. The molecule has 0 spiro atoms. The summed E-state index contributed by atoms with van der Waals surface area (Å²) in [5.41, 5.74) is 0.976. The lowest BCUT2D eigenvalue weighted by atomic mass is 10.1. The van der Waals surface area contributed by atoms with Crippen molar-refractivity contribution >= 4 is 23.6 Å². The fourth-order valence-electron chi connectivity index (χ4n) is 3.23. The summed E-state index contributed by atoms with van der Waals surface area (Å²) in [4.78, 5) is 29.7. The first-order valence-electron chi connectivity index (χ1n) is 9.11. The maximum Gasteiger partial charge on any atom is 0.416 e. The van der Waals surface area contributed by atoms with Crippen LogP contribution >= 0.6 is 11.8 Å². The number of carbonyl (C=O) groups is 2. The number of alkyl halides is 3. The minimum Gasteiger partial charge on any atom is -0.335 e. The number of nitrogens with zero attached hydrogens (tertiary/aromatic N) is 2. The van der Waals surface area contributed by atoms with Gasteiger partial charge in [-0.05, 0) is 55.1 Å². The molecule has 1 aliphatic heterocycles. The molecule has 0 atom stereocenters. The summed E-state index contributed by atoms with van der Waals surface area (Å²) in [6.45, 7) is 3.34. The quantitative estimate of drug-likeness (QED) is 0.692. The Labute approximate surface area is 171 Å². The molecule has 1 fully saturated rings. The number of halogens is 3. The van der Waals surface area contributed by atoms with Crippen LogP contribution in [0.3, 0.4) is 0 Å². The molecular formula is C21H21F3N2O2S. The molecule has 0 aromatic heterocycles. The Morgan fingerprint density at radius 1 is 0.897 bits per heavy atom. The first-order valence-corrected chi connectivity index (χ1v) is 10.3. The highest BCUT2D eigenvalue weighted by Crippen LogP contribution is 2.29. The zero-order chi connectivity index (χ0) is 21.2. The van der Waals surface area contributed by atoms with E-state index in [0.29, 0.717) is 31.7 Å². The molecule has 154 valence electrons. The van der Waals surface area contributed by atoms with E-state index in [4.69, 9.17) is 0 Å². The van der Waals surface area contributed by atoms with Gasteiger partial charge >= 0.3 is 6.18 Å². The molecule has 3 rings (SSSR count). The molecule has 8 heteroatoms. The first-order chi connectivity index (χ1) is 13.7. The van der Waals surface area contributed by atoms with Crippen molar-refractivity contribution in [3.8, 4) is 0 Å². The van der Waals surface area contributed by atoms with Crippen molar-refractivity contribution in [3.63, 3.8) is 0 Å². The van der Waals surface area contributed by atoms with Crippen molar-refractivity contribution in [3.05, 3.63) is 64.7 Å². The van der Waals surface area contributed by atoms with Crippen LogP contribution in [0.5, 0.6) is 0 Å². The van der Waals surface area contributed by atoms with Gasteiger partial charge in [-0.2, -0.15) is 13.2 Å². The molecule has 29 heavy (non-hydrogen) atoms. The Kier molecular flexibility index (Phi) is 6.21. The molecule has 1 saturated heterocycles. The van der Waals surface area contributed by atoms with Crippen LogP contribution in [0.15, 0.2) is 47.4 Å². The summed E-state index contributed by atoms with van der Waals surface area (Å²) in [5.74, 6) is -0.397. The van der Waals surface area contributed by atoms with E-state index < -0.39 is 11.7 Å². The van der Waals surface area contributed by atoms with Gasteiger partial charge in [-0.25, -0.2) is 0 Å². The first kappa shape index (κ1) is 21.2. The number of rotatable bonds is 3. The van der Waals surface area contributed by atoms with Gasteiger partial charge in [-0.1, -0.05) is 6.07 Å². The smallest absolute Gasteiger partial charge is 0.335 e. The highest BCUT2D eigenvalue weighted by Gasteiger charge is 2.31. The van der Waals surface area contributed by atoms with Crippen LogP contribution < -0.4 is 0 Å². The molecule has 2 amide bonds. The van der Waals surface area contributed by atoms with Crippen LogP contribution in [0.25, 0.3) is 0 Å². The average Bonchev–Trinajstić information content (AvgIpc) is 2.72. The van der Waals surface area contributed by atoms with Crippen molar-refractivity contribution in [2.75, 3.05) is 32.4 Å². The van der Waals surface area contributed by atoms with Gasteiger partial charge in [0.15, 0.2) is 0 Å². The van der Waals surface area contributed by atoms with Crippen LogP contribution in [0.1, 0.15) is 31.8 Å². The molecule has 0 radical (unpaired) electrons. The molecule has 1 aliphatic rings. The predicted molar refractivity (Wildman–Crippen MR) is 106 cm³/mol. The van der Waals surface area contributed by atoms with Gasteiger partial charge in [0.05, 0.1) is 5.56 Å². The van der Waals surface area contributed by atoms with Crippen molar-refractivity contribution in [1.82, 2.24) is 9.80 Å². The summed E-state index contributed by atoms with van der Waals surface area (Å²) in [6.07, 6.45) is -2.48. The number of aryl methyl sites for hydroxylation is 1. The van der Waals surface area contributed by atoms with Crippen molar-refractivity contribution < 1.29 is 22.8 Å². The Hall–Kier alpha value is -2.48. The summed E-state index contributed by atoms with van der Waals surface area (Å²) < 4.78 is 38.0. The Balaban J connectivity index is 1.64. The lowest BCUT2D eigenvalue weighted by Gasteiger charge is -2.35. The number of amides is 2. The topological polar surface area (TPSA) is 40.6 Å². The third-order valence-corrected chi connectivity index (χ3v) is 5.71. The summed E-state index contributed by atoms with van der Waals surface area (Å²) >= 11 is 1.57. The Morgan fingerprint density at radius 3 is 1.97 bits per heavy atom. The highest BCUT2D eigenvalue weighted by atomic mass is 32.2. The van der Waals surface area contributed by atoms with E-state index >= 15 is 0 Å². The molecule has 0 saturated carbocycles. The van der Waals surface area contributed by atoms with Gasteiger partial charge in [-0.15, -0.1) is 11.8 Å². The molecule has 1 heterocycles. The van der Waals surface area contributed by atoms with Crippen LogP contribution in [-0.4, -0.2) is 54.0 Å². The normalized spacial score (nSPS) is 14.8. The van der Waals surface area contributed by atoms with Crippen LogP contribution in [0, 0.1) is 6.92 Å². The van der Waals surface area contributed by atoms with Gasteiger partial charge in [-0.3, -0.25) is 9.59 Å². The SMILES string of the molecule is CSc1ccc(C)c(C(=O)N2CCN(C(=O)c3ccc(C(F)(F)F)cc3)CC2)c1. The van der Waals surface area contributed by atoms with Crippen LogP contribution in [-0.2, 0) is 6.18 Å². The molecule has 0 N–H and O–H groups in total. The number of piperazine rings is 1. The van der Waals surface area contributed by atoms with E-state index in [-0.39, 0.29) is 17.4 Å². The molecule has 0 unspecified atom stereocenters. The molecule has 0 bridgehead atoms. The lowest BCUT2D eigenvalue weighted by Crippen LogP contribution is -2.50. The summed E-state index contributed by atoms with van der Waals surface area (Å²) in [5, 5.41) is 0. The zero-order valence-corrected chi connectivity index (χ0v) is 16.9. The van der Waals surface area contributed by atoms with Crippen molar-refractivity contribution in [2.24, 2.45) is 0 Å². The number of carbonyl (C=O) groups excluding carboxylic acids is 2. The van der Waals surface area contributed by atoms with E-state index in [0.717, 1.165) is 22.6 Å². The fourth-order valence-corrected chi connectivity index (χ4v) is 3.67. The maximum atomic E-state index is 12.9. The third kappa shape index (κ3) is 4.75. The van der Waals surface area contributed by atoms with Crippen LogP contribution in [0.4, 0.5) is 13.2 Å². The number of hydrogen-bond donors (Lipinski definition) is 0. The largest absolute Gasteiger partial charge is 0.416 e. The number of benzene rings is 2. The Morgan fingerprint density at radius 2 is 1.45 bits per heavy atom. The highest BCUT2D eigenvalue weighted by molar-refractivity contribution is 7.98. The second-order valence-corrected chi connectivity index (χ2v) is 7.72. The maximum absolute atomic E-state index is 12.9. The molecule has 2 aromatic rings. The van der Waals surface area contributed by atoms with E-state index in [1.165, 1.54) is 12.1 Å². The average molecular weight is 422 g/mol. The van der Waals surface area contributed by atoms with Gasteiger partial charge in [0, 0.05) is 42.2 Å². The van der Waals surface area contributed by atoms with Gasteiger partial charge in [0.2, 0.25) is 0 Å². The van der Waals surface area contributed by atoms with E-state index in [1.807, 2.05) is 31.4 Å². The molecular weight excluding hydrogens is 401 g/mol. The predicted octanol–water partition coefficient (Wildman–Crippen LogP) is 4.33. The van der Waals surface area contributed by atoms with E-state index in [2.05, 4.69) is 0 Å². The third-order valence-electron chi connectivity index (χ3n) is 4.99. The number of hydrogen-bond acceptors (Lipinski definition) is 3. The van der Waals surface area contributed by atoms with Crippen LogP contribution in [0.2, 0.25) is 0 Å². The fraction of sp³-hybridized carbons (Fsp3) is 0.333. The van der Waals surface area contributed by atoms with E-state index in [9.17, 15) is 22.8 Å². The lowest BCUT2D eigenvalue weighted by molar-refractivity contribution is -0.137. The minimum atomic E-state index is -4.43. The zero-order valence-electron chi connectivity index (χ0n) is 16.1. The second kappa shape index (κ2) is 8.49. The molecule has 2 aromatic carbocycles. The van der Waals surface area contributed by atoms with Crippen molar-refractivity contribution in [1.29, 1.82) is 0 Å². The molecule has 0 aliphatic carbocycles. The monoisotopic (exact) mass is 422 g/mol.